The molecule has 4 rings (SSSR count). The van der Waals surface area contributed by atoms with Crippen LogP contribution in [-0.4, -0.2) is 38.4 Å². The van der Waals surface area contributed by atoms with Crippen molar-refractivity contribution in [3.05, 3.63) is 30.0 Å². The molecule has 0 saturated heterocycles. The molecule has 130 valence electrons. The number of carbonyl (C=O) groups is 1. The third-order valence-electron chi connectivity index (χ3n) is 4.67. The molecule has 1 aliphatic carbocycles. The summed E-state index contributed by atoms with van der Waals surface area (Å²) in [6.45, 7) is 2.06. The van der Waals surface area contributed by atoms with Crippen LogP contribution in [0, 0.1) is 0 Å². The highest BCUT2D eigenvalue weighted by Gasteiger charge is 2.22. The van der Waals surface area contributed by atoms with Gasteiger partial charge in [-0.15, -0.1) is 5.10 Å². The lowest BCUT2D eigenvalue weighted by molar-refractivity contribution is 0.0521. The largest absolute Gasteiger partial charge is 0.461 e. The van der Waals surface area contributed by atoms with Crippen molar-refractivity contribution in [2.45, 2.75) is 45.1 Å². The molecule has 7 heteroatoms. The first-order chi connectivity index (χ1) is 12.3. The predicted molar refractivity (Wildman–Crippen MR) is 94.7 cm³/mol. The van der Waals surface area contributed by atoms with E-state index in [1.54, 1.807) is 11.4 Å². The Morgan fingerprint density at radius 1 is 1.28 bits per heavy atom. The van der Waals surface area contributed by atoms with E-state index in [4.69, 9.17) is 4.74 Å². The Morgan fingerprint density at radius 2 is 2.08 bits per heavy atom. The number of carbonyl (C=O) groups excluding carboxylic acids is 1. The van der Waals surface area contributed by atoms with E-state index >= 15 is 0 Å². The van der Waals surface area contributed by atoms with Gasteiger partial charge in [0.15, 0.2) is 5.65 Å². The maximum absolute atomic E-state index is 12.2. The number of anilines is 1. The normalized spacial score (nSPS) is 15.6. The second-order valence-electron chi connectivity index (χ2n) is 6.35. The fourth-order valence-corrected chi connectivity index (χ4v) is 3.45. The number of aromatic nitrogens is 4. The van der Waals surface area contributed by atoms with E-state index in [-0.39, 0.29) is 5.69 Å². The molecule has 1 saturated carbocycles. The minimum atomic E-state index is -0.496. The number of hydrogen-bond acceptors (Lipinski definition) is 6. The number of ether oxygens (including phenoxy) is 1. The van der Waals surface area contributed by atoms with Crippen LogP contribution >= 0.6 is 0 Å². The Hall–Kier alpha value is -2.70. The standard InChI is InChI=1S/C18H21N5O2/c1-2-25-18(24)15-17-20-16(19-12-8-4-3-5-9-12)13-10-6-7-11-14(13)23(17)22-21-15/h6-7,10-12H,2-5,8-9H2,1H3,(H,19,20). The Balaban J connectivity index is 1.84. The van der Waals surface area contributed by atoms with Gasteiger partial charge < -0.3 is 10.1 Å². The zero-order valence-corrected chi connectivity index (χ0v) is 14.2. The minimum Gasteiger partial charge on any atom is -0.461 e. The highest BCUT2D eigenvalue weighted by atomic mass is 16.5. The second kappa shape index (κ2) is 6.66. The fraction of sp³-hybridized carbons (Fsp3) is 0.444. The molecule has 1 fully saturated rings. The smallest absolute Gasteiger partial charge is 0.362 e. The summed E-state index contributed by atoms with van der Waals surface area (Å²) in [5.74, 6) is 0.284. The Morgan fingerprint density at radius 3 is 2.88 bits per heavy atom. The summed E-state index contributed by atoms with van der Waals surface area (Å²) in [4.78, 5) is 16.8. The van der Waals surface area contributed by atoms with Crippen molar-refractivity contribution in [2.75, 3.05) is 11.9 Å². The van der Waals surface area contributed by atoms with E-state index < -0.39 is 5.97 Å². The Bertz CT molecular complexity index is 914. The van der Waals surface area contributed by atoms with Crippen molar-refractivity contribution in [3.8, 4) is 0 Å². The molecule has 0 aliphatic heterocycles. The second-order valence-corrected chi connectivity index (χ2v) is 6.35. The summed E-state index contributed by atoms with van der Waals surface area (Å²) < 4.78 is 6.69. The first-order valence-corrected chi connectivity index (χ1v) is 8.85. The van der Waals surface area contributed by atoms with Crippen molar-refractivity contribution in [1.82, 2.24) is 19.8 Å². The molecule has 7 nitrogen and oxygen atoms in total. The van der Waals surface area contributed by atoms with Crippen molar-refractivity contribution in [1.29, 1.82) is 0 Å². The number of nitrogens with zero attached hydrogens (tertiary/aromatic N) is 4. The lowest BCUT2D eigenvalue weighted by Gasteiger charge is -2.24. The van der Waals surface area contributed by atoms with Crippen molar-refractivity contribution in [3.63, 3.8) is 0 Å². The molecular weight excluding hydrogens is 318 g/mol. The average Bonchev–Trinajstić information content (AvgIpc) is 3.07. The summed E-state index contributed by atoms with van der Waals surface area (Å²) in [5.41, 5.74) is 1.45. The highest BCUT2D eigenvalue weighted by Crippen LogP contribution is 2.27. The lowest BCUT2D eigenvalue weighted by atomic mass is 9.95. The maximum atomic E-state index is 12.2. The van der Waals surface area contributed by atoms with Gasteiger partial charge in [-0.25, -0.2) is 9.78 Å². The number of fused-ring (bicyclic) bond motifs is 3. The summed E-state index contributed by atoms with van der Waals surface area (Å²) in [6.07, 6.45) is 6.05. The molecule has 2 heterocycles. The molecule has 0 unspecified atom stereocenters. The number of para-hydroxylation sites is 1. The molecule has 2 aromatic heterocycles. The number of esters is 1. The van der Waals surface area contributed by atoms with E-state index in [9.17, 15) is 4.79 Å². The zero-order valence-electron chi connectivity index (χ0n) is 14.2. The van der Waals surface area contributed by atoms with Crippen molar-refractivity contribution >= 4 is 28.3 Å². The Kier molecular flexibility index (Phi) is 4.21. The van der Waals surface area contributed by atoms with Crippen molar-refractivity contribution < 1.29 is 9.53 Å². The van der Waals surface area contributed by atoms with Crippen LogP contribution in [0.2, 0.25) is 0 Å². The topological polar surface area (TPSA) is 81.4 Å². The number of hydrogen-bond donors (Lipinski definition) is 1. The molecule has 0 radical (unpaired) electrons. The molecular formula is C18H21N5O2. The van der Waals surface area contributed by atoms with Crippen LogP contribution in [0.1, 0.15) is 49.5 Å². The highest BCUT2D eigenvalue weighted by molar-refractivity contribution is 5.97. The first kappa shape index (κ1) is 15.8. The van der Waals surface area contributed by atoms with Gasteiger partial charge in [0.25, 0.3) is 0 Å². The predicted octanol–water partition coefficient (Wildman–Crippen LogP) is 3.20. The van der Waals surface area contributed by atoms with Crippen LogP contribution in [0.3, 0.4) is 0 Å². The SMILES string of the molecule is CCOC(=O)c1nnn2c1nc(NC1CCCCC1)c1ccccc12. The maximum Gasteiger partial charge on any atom is 0.362 e. The third-order valence-corrected chi connectivity index (χ3v) is 4.67. The molecule has 25 heavy (non-hydrogen) atoms. The van der Waals surface area contributed by atoms with Crippen LogP contribution in [0.15, 0.2) is 24.3 Å². The quantitative estimate of drug-likeness (QED) is 0.735. The molecule has 0 bridgehead atoms. The Labute approximate surface area is 145 Å². The molecule has 0 spiro atoms. The molecule has 1 aromatic carbocycles. The van der Waals surface area contributed by atoms with Crippen LogP contribution in [0.25, 0.3) is 16.6 Å². The van der Waals surface area contributed by atoms with Gasteiger partial charge in [-0.3, -0.25) is 0 Å². The van der Waals surface area contributed by atoms with Gasteiger partial charge in [-0.1, -0.05) is 36.6 Å². The van der Waals surface area contributed by atoms with Gasteiger partial charge in [-0.2, -0.15) is 4.52 Å². The van der Waals surface area contributed by atoms with E-state index in [1.165, 1.54) is 19.3 Å². The molecule has 0 amide bonds. The number of benzene rings is 1. The van der Waals surface area contributed by atoms with E-state index in [1.807, 2.05) is 24.3 Å². The summed E-state index contributed by atoms with van der Waals surface area (Å²) in [6, 6.07) is 8.30. The van der Waals surface area contributed by atoms with Gasteiger partial charge in [-0.05, 0) is 31.9 Å². The van der Waals surface area contributed by atoms with Crippen LogP contribution in [0.4, 0.5) is 5.82 Å². The monoisotopic (exact) mass is 339 g/mol. The molecule has 0 atom stereocenters. The molecule has 1 aliphatic rings. The average molecular weight is 339 g/mol. The summed E-state index contributed by atoms with van der Waals surface area (Å²) >= 11 is 0. The van der Waals surface area contributed by atoms with Crippen LogP contribution in [-0.2, 0) is 4.74 Å². The number of rotatable bonds is 4. The summed E-state index contributed by atoms with van der Waals surface area (Å²) in [5, 5.41) is 12.7. The van der Waals surface area contributed by atoms with E-state index in [0.29, 0.717) is 18.3 Å². The van der Waals surface area contributed by atoms with Gasteiger partial charge in [0.05, 0.1) is 12.1 Å². The van der Waals surface area contributed by atoms with Gasteiger partial charge in [0.1, 0.15) is 5.82 Å². The van der Waals surface area contributed by atoms with E-state index in [0.717, 1.165) is 29.6 Å². The van der Waals surface area contributed by atoms with E-state index in [2.05, 4.69) is 20.6 Å². The molecule has 3 aromatic rings. The first-order valence-electron chi connectivity index (χ1n) is 8.85. The molecule has 1 N–H and O–H groups in total. The van der Waals surface area contributed by atoms with Crippen LogP contribution < -0.4 is 5.32 Å². The lowest BCUT2D eigenvalue weighted by Crippen LogP contribution is -2.23. The van der Waals surface area contributed by atoms with Gasteiger partial charge >= 0.3 is 5.97 Å². The van der Waals surface area contributed by atoms with Gasteiger partial charge in [0, 0.05) is 11.4 Å². The summed E-state index contributed by atoms with van der Waals surface area (Å²) in [7, 11) is 0. The van der Waals surface area contributed by atoms with Crippen molar-refractivity contribution in [2.24, 2.45) is 0 Å². The minimum absolute atomic E-state index is 0.152. The zero-order chi connectivity index (χ0) is 17.2. The third kappa shape index (κ3) is 2.90. The van der Waals surface area contributed by atoms with Gasteiger partial charge in [0.2, 0.25) is 5.69 Å². The fourth-order valence-electron chi connectivity index (χ4n) is 3.45. The van der Waals surface area contributed by atoms with Crippen LogP contribution in [0.5, 0.6) is 0 Å². The number of nitrogens with one attached hydrogen (secondary N) is 1.